The average Bonchev–Trinajstić information content (AvgIpc) is 3.64. The molecule has 6 aromatic rings. The van der Waals surface area contributed by atoms with E-state index >= 15 is 0 Å². The fourth-order valence-corrected chi connectivity index (χ4v) is 5.28. The molecule has 44 heavy (non-hydrogen) atoms. The standard InChI is InChI=1S/C29H24N10O4S/c1-18(34-28(40)24-25(31)36-37-14-6-13-32-27(24)37)26-35-22-10-5-7-20(12-11-19-15-33-38(16-19)44(42,43)17-30)23(22)29(41)39(26)21-8-3-2-4-9-21/h2-10,13-16,18H,17,30H2,1H3,(H2,31,36)(H,34,40)/t18-/m1/s1. The van der Waals surface area contributed by atoms with Crippen LogP contribution >= 0.6 is 0 Å². The Balaban J connectivity index is 1.45. The number of aromatic nitrogens is 7. The Morgan fingerprint density at radius 2 is 1.89 bits per heavy atom. The number of rotatable bonds is 6. The molecule has 0 aliphatic rings. The molecule has 0 saturated carbocycles. The number of carbonyl (C=O) groups excluding carboxylic acids is 1. The minimum Gasteiger partial charge on any atom is -0.381 e. The lowest BCUT2D eigenvalue weighted by Crippen LogP contribution is -2.33. The largest absolute Gasteiger partial charge is 0.381 e. The molecule has 5 N–H and O–H groups in total. The SMILES string of the molecule is C[C@@H](NC(=O)c1c(N)nn2cccnc12)c1nc2cccc(C#Cc3cnn(S(=O)(=O)CN)c3)c2c(=O)n1-c1ccccc1. The van der Waals surface area contributed by atoms with Gasteiger partial charge in [0, 0.05) is 18.0 Å². The van der Waals surface area contributed by atoms with Gasteiger partial charge < -0.3 is 16.8 Å². The molecular weight excluding hydrogens is 584 g/mol. The zero-order valence-corrected chi connectivity index (χ0v) is 23.9. The number of carbonyl (C=O) groups is 1. The van der Waals surface area contributed by atoms with Crippen LogP contribution < -0.4 is 22.3 Å². The van der Waals surface area contributed by atoms with Crippen LogP contribution in [0.15, 0.2) is 84.2 Å². The molecule has 1 amide bonds. The predicted molar refractivity (Wildman–Crippen MR) is 162 cm³/mol. The fraction of sp³-hybridized carbons (Fsp3) is 0.103. The molecule has 4 heterocycles. The maximum atomic E-state index is 14.2. The maximum absolute atomic E-state index is 14.2. The average molecular weight is 609 g/mol. The van der Waals surface area contributed by atoms with Gasteiger partial charge in [0.2, 0.25) is 0 Å². The third-order valence-electron chi connectivity index (χ3n) is 6.72. The molecule has 0 aliphatic carbocycles. The molecule has 220 valence electrons. The summed E-state index contributed by atoms with van der Waals surface area (Å²) in [5.41, 5.74) is 12.9. The van der Waals surface area contributed by atoms with Crippen molar-refractivity contribution < 1.29 is 13.2 Å². The minimum absolute atomic E-state index is 0.00899. The summed E-state index contributed by atoms with van der Waals surface area (Å²) in [5.74, 6) is 4.94. The van der Waals surface area contributed by atoms with Gasteiger partial charge in [-0.25, -0.2) is 22.9 Å². The van der Waals surface area contributed by atoms with Crippen molar-refractivity contribution in [3.05, 3.63) is 112 Å². The Morgan fingerprint density at radius 1 is 1.09 bits per heavy atom. The van der Waals surface area contributed by atoms with E-state index in [4.69, 9.17) is 16.5 Å². The molecule has 0 fully saturated rings. The van der Waals surface area contributed by atoms with E-state index in [9.17, 15) is 18.0 Å². The number of hydrogen-bond donors (Lipinski definition) is 3. The monoisotopic (exact) mass is 608 g/mol. The number of nitrogens with two attached hydrogens (primary N) is 2. The van der Waals surface area contributed by atoms with E-state index in [0.717, 1.165) is 4.09 Å². The quantitative estimate of drug-likeness (QED) is 0.231. The first-order valence-electron chi connectivity index (χ1n) is 13.2. The van der Waals surface area contributed by atoms with Gasteiger partial charge >= 0.3 is 0 Å². The second kappa shape index (κ2) is 11.1. The van der Waals surface area contributed by atoms with E-state index in [0.29, 0.717) is 22.3 Å². The zero-order chi connectivity index (χ0) is 31.0. The second-order valence-electron chi connectivity index (χ2n) is 9.62. The fourth-order valence-electron chi connectivity index (χ4n) is 4.66. The summed E-state index contributed by atoms with van der Waals surface area (Å²) in [5, 5.41) is 11.1. The number of hydrogen-bond acceptors (Lipinski definition) is 10. The first-order valence-corrected chi connectivity index (χ1v) is 14.8. The van der Waals surface area contributed by atoms with Gasteiger partial charge in [-0.1, -0.05) is 36.1 Å². The molecule has 2 aromatic carbocycles. The number of amides is 1. The number of nitrogens with one attached hydrogen (secondary N) is 1. The first-order chi connectivity index (χ1) is 21.2. The Bertz CT molecular complexity index is 2300. The van der Waals surface area contributed by atoms with Crippen LogP contribution in [0.5, 0.6) is 0 Å². The number of nitrogen functional groups attached to an aromatic ring is 1. The lowest BCUT2D eigenvalue weighted by atomic mass is 10.1. The lowest BCUT2D eigenvalue weighted by molar-refractivity contribution is 0.0940. The van der Waals surface area contributed by atoms with Crippen LogP contribution in [-0.2, 0) is 10.0 Å². The molecule has 0 saturated heterocycles. The first kappa shape index (κ1) is 28.3. The number of para-hydroxylation sites is 1. The molecule has 15 heteroatoms. The molecule has 0 radical (unpaired) electrons. The number of fused-ring (bicyclic) bond motifs is 2. The normalized spacial score (nSPS) is 12.1. The van der Waals surface area contributed by atoms with Crippen molar-refractivity contribution in [2.75, 3.05) is 11.6 Å². The van der Waals surface area contributed by atoms with Crippen LogP contribution in [0.1, 0.15) is 40.3 Å². The van der Waals surface area contributed by atoms with Gasteiger partial charge in [-0.05, 0) is 37.3 Å². The molecule has 4 aromatic heterocycles. The molecule has 0 aliphatic heterocycles. The van der Waals surface area contributed by atoms with Crippen LogP contribution in [-0.4, -0.2) is 53.5 Å². The highest BCUT2D eigenvalue weighted by molar-refractivity contribution is 7.89. The summed E-state index contributed by atoms with van der Waals surface area (Å²) >= 11 is 0. The van der Waals surface area contributed by atoms with E-state index in [1.165, 1.54) is 27.7 Å². The Morgan fingerprint density at radius 3 is 2.66 bits per heavy atom. The van der Waals surface area contributed by atoms with Crippen molar-refractivity contribution in [1.82, 2.24) is 38.7 Å². The van der Waals surface area contributed by atoms with Crippen molar-refractivity contribution >= 4 is 38.3 Å². The Kier molecular flexibility index (Phi) is 7.13. The van der Waals surface area contributed by atoms with Crippen molar-refractivity contribution in [3.63, 3.8) is 0 Å². The van der Waals surface area contributed by atoms with Crippen LogP contribution in [0.2, 0.25) is 0 Å². The van der Waals surface area contributed by atoms with Crippen LogP contribution in [0, 0.1) is 11.8 Å². The molecule has 0 spiro atoms. The predicted octanol–water partition coefficient (Wildman–Crippen LogP) is 1.19. The number of anilines is 1. The third kappa shape index (κ3) is 5.04. The van der Waals surface area contributed by atoms with E-state index in [1.54, 1.807) is 61.7 Å². The van der Waals surface area contributed by atoms with Crippen LogP contribution in [0.25, 0.3) is 22.2 Å². The van der Waals surface area contributed by atoms with Crippen LogP contribution in [0.4, 0.5) is 5.82 Å². The highest BCUT2D eigenvalue weighted by Crippen LogP contribution is 2.22. The van der Waals surface area contributed by atoms with E-state index in [-0.39, 0.29) is 28.2 Å². The smallest absolute Gasteiger partial charge is 0.267 e. The molecule has 0 unspecified atom stereocenters. The van der Waals surface area contributed by atoms with E-state index in [2.05, 4.69) is 32.3 Å². The summed E-state index contributed by atoms with van der Waals surface area (Å²) in [6.07, 6.45) is 5.70. The topological polar surface area (TPSA) is 198 Å². The minimum atomic E-state index is -3.78. The van der Waals surface area contributed by atoms with Gasteiger partial charge in [0.15, 0.2) is 11.5 Å². The molecule has 14 nitrogen and oxygen atoms in total. The van der Waals surface area contributed by atoms with Crippen molar-refractivity contribution in [1.29, 1.82) is 0 Å². The molecular formula is C29H24N10O4S. The van der Waals surface area contributed by atoms with Crippen molar-refractivity contribution in [2.24, 2.45) is 5.73 Å². The summed E-state index contributed by atoms with van der Waals surface area (Å²) in [6.45, 7) is 1.71. The van der Waals surface area contributed by atoms with Gasteiger partial charge in [-0.15, -0.1) is 5.10 Å². The lowest BCUT2D eigenvalue weighted by Gasteiger charge is -2.20. The van der Waals surface area contributed by atoms with E-state index in [1.807, 2.05) is 6.07 Å². The summed E-state index contributed by atoms with van der Waals surface area (Å²) in [6, 6.07) is 14.8. The summed E-state index contributed by atoms with van der Waals surface area (Å²) in [7, 11) is -3.78. The Labute approximate surface area is 250 Å². The van der Waals surface area contributed by atoms with E-state index < -0.39 is 33.4 Å². The van der Waals surface area contributed by atoms with Gasteiger partial charge in [0.25, 0.3) is 21.5 Å². The van der Waals surface area contributed by atoms with Gasteiger partial charge in [0.05, 0.1) is 40.6 Å². The molecule has 1 atom stereocenters. The van der Waals surface area contributed by atoms with Gasteiger partial charge in [-0.3, -0.25) is 14.2 Å². The van der Waals surface area contributed by atoms with Crippen molar-refractivity contribution in [2.45, 2.75) is 13.0 Å². The number of benzene rings is 2. The Hall–Kier alpha value is -5.85. The number of nitrogens with zero attached hydrogens (tertiary/aromatic N) is 7. The summed E-state index contributed by atoms with van der Waals surface area (Å²) < 4.78 is 27.6. The zero-order valence-electron chi connectivity index (χ0n) is 23.1. The van der Waals surface area contributed by atoms with Gasteiger partial charge in [0.1, 0.15) is 17.3 Å². The highest BCUT2D eigenvalue weighted by Gasteiger charge is 2.25. The molecule has 6 rings (SSSR count). The maximum Gasteiger partial charge on any atom is 0.267 e. The molecule has 0 bridgehead atoms. The van der Waals surface area contributed by atoms with Crippen LogP contribution in [0.3, 0.4) is 0 Å². The van der Waals surface area contributed by atoms with Gasteiger partial charge in [-0.2, -0.15) is 9.19 Å². The highest BCUT2D eigenvalue weighted by atomic mass is 32.2. The second-order valence-corrected chi connectivity index (χ2v) is 11.5. The third-order valence-corrected chi connectivity index (χ3v) is 7.91. The van der Waals surface area contributed by atoms with Crippen molar-refractivity contribution in [3.8, 4) is 17.5 Å². The summed E-state index contributed by atoms with van der Waals surface area (Å²) in [4.78, 5) is 36.6.